The van der Waals surface area contributed by atoms with Gasteiger partial charge in [-0.3, -0.25) is 9.59 Å². The Hall–Kier alpha value is -1.62. The number of ether oxygens (including phenoxy) is 2. The van der Waals surface area contributed by atoms with E-state index in [9.17, 15) is 14.0 Å². The predicted molar refractivity (Wildman–Crippen MR) is 95.2 cm³/mol. The highest BCUT2D eigenvalue weighted by atomic mass is 35.5. The van der Waals surface area contributed by atoms with Crippen molar-refractivity contribution in [2.75, 3.05) is 6.61 Å². The summed E-state index contributed by atoms with van der Waals surface area (Å²) in [5.74, 6) is -2.60. The summed E-state index contributed by atoms with van der Waals surface area (Å²) < 4.78 is 24.3. The van der Waals surface area contributed by atoms with E-state index in [1.165, 1.54) is 12.1 Å². The quantitative estimate of drug-likeness (QED) is 0.241. The fourth-order valence-corrected chi connectivity index (χ4v) is 2.71. The molecule has 4 nitrogen and oxygen atoms in total. The summed E-state index contributed by atoms with van der Waals surface area (Å²) in [5.41, 5.74) is -1.46. The van der Waals surface area contributed by atoms with E-state index in [-0.39, 0.29) is 30.2 Å². The normalized spacial score (nSPS) is 11.2. The number of carbonyl (C=O) groups is 2. The van der Waals surface area contributed by atoms with Crippen LogP contribution in [0.5, 0.6) is 5.75 Å². The monoisotopic (exact) mass is 372 g/mol. The average Bonchev–Trinajstić information content (AvgIpc) is 2.59. The number of unbranched alkanes of at least 4 members (excludes halogenated alkanes) is 3. The average molecular weight is 373 g/mol. The van der Waals surface area contributed by atoms with Gasteiger partial charge in [-0.05, 0) is 31.4 Å². The number of rotatable bonds is 10. The number of esters is 2. The highest BCUT2D eigenvalue weighted by Crippen LogP contribution is 2.34. The van der Waals surface area contributed by atoms with Crippen LogP contribution in [0, 0.1) is 11.2 Å². The lowest BCUT2D eigenvalue weighted by Crippen LogP contribution is -2.42. The van der Waals surface area contributed by atoms with Crippen molar-refractivity contribution in [1.82, 2.24) is 0 Å². The van der Waals surface area contributed by atoms with Gasteiger partial charge < -0.3 is 9.47 Å². The fraction of sp³-hybridized carbons (Fsp3) is 0.579. The number of halogens is 2. The molecule has 0 spiro atoms. The maximum Gasteiger partial charge on any atom is 0.329 e. The standard InChI is InChI=1S/C19H26ClFO4/c1-4-7-8-9-13-24-17(22)19(5-2,6-3)18(23)25-16-14(20)11-10-12-15(16)21/h10-12H,4-9,13H2,1-3H3. The minimum atomic E-state index is -1.46. The first kappa shape index (κ1) is 21.4. The number of hydrogen-bond donors (Lipinski definition) is 0. The Bertz CT molecular complexity index is 565. The number of hydrogen-bond acceptors (Lipinski definition) is 4. The van der Waals surface area contributed by atoms with Crippen LogP contribution in [-0.2, 0) is 14.3 Å². The molecular formula is C19H26ClFO4. The molecule has 1 aromatic carbocycles. The third-order valence-corrected chi connectivity index (χ3v) is 4.63. The summed E-state index contributed by atoms with van der Waals surface area (Å²) >= 11 is 5.89. The van der Waals surface area contributed by atoms with Crippen LogP contribution < -0.4 is 4.74 Å². The van der Waals surface area contributed by atoms with Crippen molar-refractivity contribution >= 4 is 23.5 Å². The van der Waals surface area contributed by atoms with Crippen molar-refractivity contribution in [1.29, 1.82) is 0 Å². The van der Waals surface area contributed by atoms with Crippen LogP contribution in [0.15, 0.2) is 18.2 Å². The maximum absolute atomic E-state index is 13.9. The van der Waals surface area contributed by atoms with Gasteiger partial charge in [0.05, 0.1) is 11.6 Å². The second-order valence-corrected chi connectivity index (χ2v) is 6.33. The second kappa shape index (κ2) is 10.4. The van der Waals surface area contributed by atoms with E-state index in [4.69, 9.17) is 21.1 Å². The Morgan fingerprint density at radius 2 is 1.76 bits per heavy atom. The topological polar surface area (TPSA) is 52.6 Å². The third-order valence-electron chi connectivity index (χ3n) is 4.33. The molecule has 1 rings (SSSR count). The van der Waals surface area contributed by atoms with E-state index < -0.39 is 23.2 Å². The second-order valence-electron chi connectivity index (χ2n) is 5.93. The third kappa shape index (κ3) is 5.43. The SMILES string of the molecule is CCCCCCOC(=O)C(CC)(CC)C(=O)Oc1c(F)cccc1Cl. The molecule has 0 saturated heterocycles. The molecule has 6 heteroatoms. The first-order valence-corrected chi connectivity index (χ1v) is 9.14. The van der Waals surface area contributed by atoms with Gasteiger partial charge >= 0.3 is 11.9 Å². The van der Waals surface area contributed by atoms with Crippen LogP contribution in [-0.4, -0.2) is 18.5 Å². The van der Waals surface area contributed by atoms with E-state index in [1.54, 1.807) is 13.8 Å². The molecule has 1 aromatic rings. The first-order chi connectivity index (χ1) is 11.9. The minimum Gasteiger partial charge on any atom is -0.465 e. The molecule has 25 heavy (non-hydrogen) atoms. The van der Waals surface area contributed by atoms with Gasteiger partial charge in [0.15, 0.2) is 17.0 Å². The number of para-hydroxylation sites is 1. The smallest absolute Gasteiger partial charge is 0.329 e. The Balaban J connectivity index is 2.85. The van der Waals surface area contributed by atoms with Crippen molar-refractivity contribution in [2.24, 2.45) is 5.41 Å². The molecule has 0 unspecified atom stereocenters. The van der Waals surface area contributed by atoms with Gasteiger partial charge in [0.25, 0.3) is 0 Å². The lowest BCUT2D eigenvalue weighted by atomic mass is 9.82. The molecular weight excluding hydrogens is 347 g/mol. The maximum atomic E-state index is 13.9. The molecule has 140 valence electrons. The van der Waals surface area contributed by atoms with Crippen LogP contribution >= 0.6 is 11.6 Å². The van der Waals surface area contributed by atoms with Crippen molar-refractivity contribution in [2.45, 2.75) is 59.3 Å². The molecule has 0 radical (unpaired) electrons. The summed E-state index contributed by atoms with van der Waals surface area (Å²) in [5, 5.41) is -0.0256. The summed E-state index contributed by atoms with van der Waals surface area (Å²) in [6.45, 7) is 5.75. The van der Waals surface area contributed by atoms with Crippen molar-refractivity contribution in [3.05, 3.63) is 29.0 Å². The molecule has 0 amide bonds. The molecule has 0 heterocycles. The van der Waals surface area contributed by atoms with Crippen molar-refractivity contribution in [3.8, 4) is 5.75 Å². The Labute approximate surface area is 153 Å². The molecule has 0 saturated carbocycles. The van der Waals surface area contributed by atoms with Gasteiger partial charge in [-0.25, -0.2) is 4.39 Å². The molecule has 0 N–H and O–H groups in total. The lowest BCUT2D eigenvalue weighted by molar-refractivity contribution is -0.168. The summed E-state index contributed by atoms with van der Waals surface area (Å²) in [4.78, 5) is 25.1. The zero-order valence-electron chi connectivity index (χ0n) is 15.1. The van der Waals surface area contributed by atoms with Gasteiger partial charge in [0, 0.05) is 0 Å². The first-order valence-electron chi connectivity index (χ1n) is 8.76. The van der Waals surface area contributed by atoms with Crippen LogP contribution in [0.1, 0.15) is 59.3 Å². The van der Waals surface area contributed by atoms with E-state index in [0.717, 1.165) is 31.7 Å². The van der Waals surface area contributed by atoms with Crippen LogP contribution in [0.3, 0.4) is 0 Å². The lowest BCUT2D eigenvalue weighted by Gasteiger charge is -2.27. The minimum absolute atomic E-state index is 0.0256. The molecule has 0 fully saturated rings. The number of carbonyl (C=O) groups excluding carboxylic acids is 2. The Morgan fingerprint density at radius 1 is 1.08 bits per heavy atom. The van der Waals surface area contributed by atoms with Gasteiger partial charge in [-0.1, -0.05) is 57.7 Å². The fourth-order valence-electron chi connectivity index (χ4n) is 2.51. The Kier molecular flexibility index (Phi) is 8.90. The highest BCUT2D eigenvalue weighted by molar-refractivity contribution is 6.32. The van der Waals surface area contributed by atoms with E-state index in [2.05, 4.69) is 6.92 Å². The molecule has 0 aliphatic carbocycles. The summed E-state index contributed by atoms with van der Waals surface area (Å²) in [6.07, 6.45) is 4.25. The van der Waals surface area contributed by atoms with Crippen molar-refractivity contribution in [3.63, 3.8) is 0 Å². The van der Waals surface area contributed by atoms with E-state index in [1.807, 2.05) is 0 Å². The van der Waals surface area contributed by atoms with E-state index >= 15 is 0 Å². The highest BCUT2D eigenvalue weighted by Gasteiger charge is 2.46. The molecule has 0 bridgehead atoms. The molecule has 0 aliphatic heterocycles. The van der Waals surface area contributed by atoms with Gasteiger partial charge in [-0.15, -0.1) is 0 Å². The van der Waals surface area contributed by atoms with Gasteiger partial charge in [-0.2, -0.15) is 0 Å². The molecule has 0 aliphatic rings. The van der Waals surface area contributed by atoms with Crippen molar-refractivity contribution < 1.29 is 23.5 Å². The molecule has 0 aromatic heterocycles. The van der Waals surface area contributed by atoms with Crippen LogP contribution in [0.25, 0.3) is 0 Å². The van der Waals surface area contributed by atoms with Crippen LogP contribution in [0.4, 0.5) is 4.39 Å². The Morgan fingerprint density at radius 3 is 2.32 bits per heavy atom. The van der Waals surface area contributed by atoms with Gasteiger partial charge in [0.2, 0.25) is 0 Å². The van der Waals surface area contributed by atoms with Gasteiger partial charge in [0.1, 0.15) is 0 Å². The number of benzene rings is 1. The summed E-state index contributed by atoms with van der Waals surface area (Å²) in [7, 11) is 0. The predicted octanol–water partition coefficient (Wildman–Crippen LogP) is 5.31. The zero-order chi connectivity index (χ0) is 18.9. The largest absolute Gasteiger partial charge is 0.465 e. The molecule has 0 atom stereocenters. The summed E-state index contributed by atoms with van der Waals surface area (Å²) in [6, 6.07) is 3.96. The van der Waals surface area contributed by atoms with E-state index in [0.29, 0.717) is 0 Å². The van der Waals surface area contributed by atoms with Crippen LogP contribution in [0.2, 0.25) is 5.02 Å². The zero-order valence-corrected chi connectivity index (χ0v) is 15.8.